The van der Waals surface area contributed by atoms with Gasteiger partial charge in [0.1, 0.15) is 30.7 Å². The SMILES string of the molecule is O=C(Nc1ccc(-n2cncn2)c(F)c1)c1occc1COc1ccccc1. The molecule has 0 unspecified atom stereocenters. The number of benzene rings is 2. The summed E-state index contributed by atoms with van der Waals surface area (Å²) in [6, 6.07) is 15.2. The summed E-state index contributed by atoms with van der Waals surface area (Å²) in [7, 11) is 0. The number of rotatable bonds is 6. The van der Waals surface area contributed by atoms with E-state index in [4.69, 9.17) is 9.15 Å². The highest BCUT2D eigenvalue weighted by Gasteiger charge is 2.17. The molecule has 0 bridgehead atoms. The fourth-order valence-electron chi connectivity index (χ4n) is 2.62. The number of hydrogen-bond donors (Lipinski definition) is 1. The van der Waals surface area contributed by atoms with Crippen molar-refractivity contribution in [2.24, 2.45) is 0 Å². The Morgan fingerprint density at radius 2 is 2.04 bits per heavy atom. The van der Waals surface area contributed by atoms with Crippen LogP contribution >= 0.6 is 0 Å². The molecule has 0 aliphatic carbocycles. The van der Waals surface area contributed by atoms with Crippen molar-refractivity contribution in [1.29, 1.82) is 0 Å². The summed E-state index contributed by atoms with van der Waals surface area (Å²) in [4.78, 5) is 16.3. The predicted octanol–water partition coefficient (Wildman–Crippen LogP) is 3.83. The lowest BCUT2D eigenvalue weighted by molar-refractivity contribution is 0.0993. The molecule has 0 aliphatic rings. The van der Waals surface area contributed by atoms with Gasteiger partial charge in [0.15, 0.2) is 11.6 Å². The van der Waals surface area contributed by atoms with Crippen LogP contribution < -0.4 is 10.1 Å². The number of hydrogen-bond acceptors (Lipinski definition) is 5. The zero-order valence-electron chi connectivity index (χ0n) is 14.6. The van der Waals surface area contributed by atoms with E-state index in [2.05, 4.69) is 15.4 Å². The highest BCUT2D eigenvalue weighted by molar-refractivity contribution is 6.03. The van der Waals surface area contributed by atoms with Crippen molar-refractivity contribution >= 4 is 11.6 Å². The Kier molecular flexibility index (Phi) is 4.83. The Morgan fingerprint density at radius 1 is 1.18 bits per heavy atom. The van der Waals surface area contributed by atoms with Gasteiger partial charge in [-0.05, 0) is 36.4 Å². The number of amides is 1. The van der Waals surface area contributed by atoms with Crippen molar-refractivity contribution < 1.29 is 18.3 Å². The summed E-state index contributed by atoms with van der Waals surface area (Å²) < 4.78 is 26.6. The van der Waals surface area contributed by atoms with Crippen molar-refractivity contribution in [3.8, 4) is 11.4 Å². The monoisotopic (exact) mass is 378 g/mol. The maximum absolute atomic E-state index is 14.3. The van der Waals surface area contributed by atoms with Gasteiger partial charge in [0.05, 0.1) is 6.26 Å². The van der Waals surface area contributed by atoms with E-state index in [-0.39, 0.29) is 23.7 Å². The molecule has 7 nitrogen and oxygen atoms in total. The number of furan rings is 1. The third kappa shape index (κ3) is 3.75. The summed E-state index contributed by atoms with van der Waals surface area (Å²) in [6.07, 6.45) is 4.11. The van der Waals surface area contributed by atoms with Crippen LogP contribution in [0.4, 0.5) is 10.1 Å². The van der Waals surface area contributed by atoms with E-state index in [1.54, 1.807) is 12.1 Å². The highest BCUT2D eigenvalue weighted by Crippen LogP contribution is 2.20. The zero-order chi connectivity index (χ0) is 19.3. The Labute approximate surface area is 159 Å². The molecule has 1 amide bonds. The van der Waals surface area contributed by atoms with E-state index >= 15 is 0 Å². The minimum atomic E-state index is -0.546. The van der Waals surface area contributed by atoms with Gasteiger partial charge < -0.3 is 14.5 Å². The van der Waals surface area contributed by atoms with E-state index in [1.165, 1.54) is 35.7 Å². The van der Waals surface area contributed by atoms with Crippen molar-refractivity contribution in [3.05, 3.63) is 90.7 Å². The Balaban J connectivity index is 1.46. The predicted molar refractivity (Wildman–Crippen MR) is 98.8 cm³/mol. The molecule has 1 N–H and O–H groups in total. The molecule has 140 valence electrons. The number of carbonyl (C=O) groups is 1. The summed E-state index contributed by atoms with van der Waals surface area (Å²) >= 11 is 0. The van der Waals surface area contributed by atoms with Crippen LogP contribution in [-0.4, -0.2) is 20.7 Å². The summed E-state index contributed by atoms with van der Waals surface area (Å²) in [5.41, 5.74) is 1.10. The number of halogens is 1. The average molecular weight is 378 g/mol. The lowest BCUT2D eigenvalue weighted by atomic mass is 10.2. The first-order valence-electron chi connectivity index (χ1n) is 8.41. The van der Waals surface area contributed by atoms with Crippen LogP contribution in [0.25, 0.3) is 5.69 Å². The molecule has 0 atom stereocenters. The lowest BCUT2D eigenvalue weighted by Crippen LogP contribution is -2.14. The number of nitrogens with zero attached hydrogens (tertiary/aromatic N) is 3. The van der Waals surface area contributed by atoms with Crippen molar-refractivity contribution in [3.63, 3.8) is 0 Å². The topological polar surface area (TPSA) is 82.2 Å². The quantitative estimate of drug-likeness (QED) is 0.551. The van der Waals surface area contributed by atoms with E-state index in [1.807, 2.05) is 30.3 Å². The van der Waals surface area contributed by atoms with Gasteiger partial charge in [-0.2, -0.15) is 5.10 Å². The van der Waals surface area contributed by atoms with Gasteiger partial charge >= 0.3 is 0 Å². The van der Waals surface area contributed by atoms with Crippen LogP contribution in [0.5, 0.6) is 5.75 Å². The Bertz CT molecular complexity index is 1080. The first kappa shape index (κ1) is 17.5. The molecule has 4 aromatic rings. The molecule has 4 rings (SSSR count). The number of nitrogens with one attached hydrogen (secondary N) is 1. The van der Waals surface area contributed by atoms with Gasteiger partial charge in [-0.1, -0.05) is 18.2 Å². The van der Waals surface area contributed by atoms with Crippen LogP contribution in [-0.2, 0) is 6.61 Å². The van der Waals surface area contributed by atoms with Crippen molar-refractivity contribution in [2.75, 3.05) is 5.32 Å². The first-order chi connectivity index (χ1) is 13.7. The number of ether oxygens (including phenoxy) is 1. The third-order valence-electron chi connectivity index (χ3n) is 3.96. The van der Waals surface area contributed by atoms with E-state index < -0.39 is 11.7 Å². The molecule has 0 spiro atoms. The minimum absolute atomic E-state index is 0.108. The number of aromatic nitrogens is 3. The average Bonchev–Trinajstić information content (AvgIpc) is 3.39. The summed E-state index contributed by atoms with van der Waals surface area (Å²) in [5.74, 6) is -0.252. The lowest BCUT2D eigenvalue weighted by Gasteiger charge is -2.09. The Morgan fingerprint density at radius 3 is 2.79 bits per heavy atom. The molecule has 8 heteroatoms. The fourth-order valence-corrected chi connectivity index (χ4v) is 2.62. The molecule has 2 heterocycles. The minimum Gasteiger partial charge on any atom is -0.489 e. The molecule has 0 saturated heterocycles. The molecule has 0 aliphatic heterocycles. The maximum atomic E-state index is 14.3. The zero-order valence-corrected chi connectivity index (χ0v) is 14.6. The molecular formula is C20H15FN4O3. The fraction of sp³-hybridized carbons (Fsp3) is 0.0500. The van der Waals surface area contributed by atoms with E-state index in [0.29, 0.717) is 11.3 Å². The standard InChI is InChI=1S/C20H15FN4O3/c21-17-10-15(6-7-18(17)25-13-22-12-23-25)24-20(26)19-14(8-9-27-19)11-28-16-4-2-1-3-5-16/h1-10,12-13H,11H2,(H,24,26). The third-order valence-corrected chi connectivity index (χ3v) is 3.96. The van der Waals surface area contributed by atoms with Crippen molar-refractivity contribution in [2.45, 2.75) is 6.61 Å². The molecule has 2 aromatic carbocycles. The van der Waals surface area contributed by atoms with Gasteiger partial charge in [-0.25, -0.2) is 14.1 Å². The molecule has 0 radical (unpaired) electrons. The molecule has 28 heavy (non-hydrogen) atoms. The van der Waals surface area contributed by atoms with Crippen LogP contribution in [0.15, 0.2) is 77.9 Å². The van der Waals surface area contributed by atoms with Gasteiger partial charge in [0.2, 0.25) is 0 Å². The Hall–Kier alpha value is -3.94. The van der Waals surface area contributed by atoms with E-state index in [0.717, 1.165) is 0 Å². The summed E-state index contributed by atoms with van der Waals surface area (Å²) in [5, 5.41) is 6.51. The van der Waals surface area contributed by atoms with E-state index in [9.17, 15) is 9.18 Å². The van der Waals surface area contributed by atoms with Crippen molar-refractivity contribution in [1.82, 2.24) is 14.8 Å². The second kappa shape index (κ2) is 7.75. The largest absolute Gasteiger partial charge is 0.489 e. The number of carbonyl (C=O) groups excluding carboxylic acids is 1. The van der Waals surface area contributed by atoms with Crippen LogP contribution in [0.1, 0.15) is 16.1 Å². The van der Waals surface area contributed by atoms with Crippen LogP contribution in [0.2, 0.25) is 0 Å². The normalized spacial score (nSPS) is 10.6. The van der Waals surface area contributed by atoms with Gasteiger partial charge in [0, 0.05) is 11.3 Å². The smallest absolute Gasteiger partial charge is 0.291 e. The summed E-state index contributed by atoms with van der Waals surface area (Å²) in [6.45, 7) is 0.170. The van der Waals surface area contributed by atoms with Gasteiger partial charge in [-0.15, -0.1) is 0 Å². The second-order valence-corrected chi connectivity index (χ2v) is 5.84. The molecule has 0 fully saturated rings. The second-order valence-electron chi connectivity index (χ2n) is 5.84. The van der Waals surface area contributed by atoms with Crippen LogP contribution in [0.3, 0.4) is 0 Å². The number of para-hydroxylation sites is 1. The first-order valence-corrected chi connectivity index (χ1v) is 8.41. The molecular weight excluding hydrogens is 363 g/mol. The maximum Gasteiger partial charge on any atom is 0.291 e. The van der Waals surface area contributed by atoms with Crippen LogP contribution in [0, 0.1) is 5.82 Å². The molecule has 0 saturated carbocycles. The van der Waals surface area contributed by atoms with Gasteiger partial charge in [0.25, 0.3) is 5.91 Å². The number of anilines is 1. The highest BCUT2D eigenvalue weighted by atomic mass is 19.1. The van der Waals surface area contributed by atoms with Gasteiger partial charge in [-0.3, -0.25) is 4.79 Å². The molecule has 2 aromatic heterocycles.